The van der Waals surface area contributed by atoms with Gasteiger partial charge in [0.15, 0.2) is 5.69 Å². The number of hydrogen-bond donors (Lipinski definition) is 2. The molecule has 0 bridgehead atoms. The summed E-state index contributed by atoms with van der Waals surface area (Å²) in [4.78, 5) is 27.1. The lowest BCUT2D eigenvalue weighted by Gasteiger charge is -2.25. The number of rotatable bonds is 6. The number of methoxy groups -OCH3 is 1. The highest BCUT2D eigenvalue weighted by molar-refractivity contribution is 7.91. The first-order valence-electron chi connectivity index (χ1n) is 8.60. The van der Waals surface area contributed by atoms with Crippen molar-refractivity contribution in [3.8, 4) is 5.75 Å². The number of ether oxygens (including phenoxy) is 1. The largest absolute Gasteiger partial charge is 0.505 e. The Balaban J connectivity index is 1.70. The summed E-state index contributed by atoms with van der Waals surface area (Å²) >= 11 is 1.17. The highest BCUT2D eigenvalue weighted by Crippen LogP contribution is 2.29. The van der Waals surface area contributed by atoms with Gasteiger partial charge in [-0.05, 0) is 35.1 Å². The predicted octanol–water partition coefficient (Wildman–Crippen LogP) is 1.23. The molecule has 0 spiro atoms. The maximum Gasteiger partial charge on any atom is 0.325 e. The Morgan fingerprint density at radius 1 is 1.41 bits per heavy atom. The first kappa shape index (κ1) is 21.0. The number of carbonyl (C=O) groups excluding carboxylic acids is 2. The van der Waals surface area contributed by atoms with Crippen LogP contribution in [0.5, 0.6) is 5.75 Å². The van der Waals surface area contributed by atoms with Gasteiger partial charge in [0, 0.05) is 19.3 Å². The topological polar surface area (TPSA) is 126 Å². The second-order valence-electron chi connectivity index (χ2n) is 6.13. The summed E-state index contributed by atoms with van der Waals surface area (Å²) < 4.78 is 31.3. The van der Waals surface area contributed by atoms with Crippen LogP contribution in [0.3, 0.4) is 0 Å². The van der Waals surface area contributed by atoms with Crippen LogP contribution in [0.4, 0.5) is 0 Å². The zero-order valence-electron chi connectivity index (χ0n) is 15.5. The Labute approximate surface area is 171 Å². The zero-order valence-corrected chi connectivity index (χ0v) is 17.1. The summed E-state index contributed by atoms with van der Waals surface area (Å²) in [6.45, 7) is 0.170. The highest BCUT2D eigenvalue weighted by atomic mass is 32.2. The molecule has 11 heteroatoms. The fourth-order valence-electron chi connectivity index (χ4n) is 2.78. The van der Waals surface area contributed by atoms with E-state index in [0.29, 0.717) is 22.7 Å². The molecule has 29 heavy (non-hydrogen) atoms. The lowest BCUT2D eigenvalue weighted by atomic mass is 10.0. The molecule has 0 fully saturated rings. The SMILES string of the molecule is COC(=O)CNC(=O)c1ncc(C2=CCN(S(=O)(=O)c3cccs3)CC2)cc1O. The van der Waals surface area contributed by atoms with E-state index in [2.05, 4.69) is 15.0 Å². The Hall–Kier alpha value is -2.76. The van der Waals surface area contributed by atoms with E-state index < -0.39 is 21.9 Å². The van der Waals surface area contributed by atoms with Gasteiger partial charge in [0.25, 0.3) is 15.9 Å². The standard InChI is InChI=1S/C18H19N3O6S2/c1-27-15(23)11-20-18(24)17-14(22)9-13(10-19-17)12-4-6-21(7-5-12)29(25,26)16-3-2-8-28-16/h2-4,8-10,22H,5-7,11H2,1H3,(H,20,24). The van der Waals surface area contributed by atoms with Crippen LogP contribution < -0.4 is 5.32 Å². The minimum Gasteiger partial charge on any atom is -0.505 e. The maximum atomic E-state index is 12.6. The number of amides is 1. The third-order valence-corrected chi connectivity index (χ3v) is 7.57. The molecule has 3 heterocycles. The first-order valence-corrected chi connectivity index (χ1v) is 10.9. The van der Waals surface area contributed by atoms with E-state index >= 15 is 0 Å². The quantitative estimate of drug-likeness (QED) is 0.651. The van der Waals surface area contributed by atoms with Crippen molar-refractivity contribution < 1.29 is 27.9 Å². The average Bonchev–Trinajstić information content (AvgIpc) is 3.27. The van der Waals surface area contributed by atoms with Crippen LogP contribution in [0, 0.1) is 0 Å². The van der Waals surface area contributed by atoms with Crippen LogP contribution in [0.15, 0.2) is 40.1 Å². The lowest BCUT2D eigenvalue weighted by Crippen LogP contribution is -2.34. The molecule has 2 aromatic heterocycles. The van der Waals surface area contributed by atoms with Crippen LogP contribution in [0.25, 0.3) is 5.57 Å². The fourth-order valence-corrected chi connectivity index (χ4v) is 5.31. The van der Waals surface area contributed by atoms with Crippen molar-refractivity contribution in [2.24, 2.45) is 0 Å². The van der Waals surface area contributed by atoms with E-state index in [9.17, 15) is 23.1 Å². The van der Waals surface area contributed by atoms with Crippen molar-refractivity contribution >= 4 is 38.8 Å². The number of nitrogens with zero attached hydrogens (tertiary/aromatic N) is 2. The van der Waals surface area contributed by atoms with E-state index in [4.69, 9.17) is 0 Å². The van der Waals surface area contributed by atoms with E-state index in [1.54, 1.807) is 23.6 Å². The number of carbonyl (C=O) groups is 2. The molecule has 0 unspecified atom stereocenters. The highest BCUT2D eigenvalue weighted by Gasteiger charge is 2.27. The maximum absolute atomic E-state index is 12.6. The average molecular weight is 437 g/mol. The third kappa shape index (κ3) is 4.63. The van der Waals surface area contributed by atoms with E-state index in [0.717, 1.165) is 5.57 Å². The minimum atomic E-state index is -3.51. The molecule has 2 N–H and O–H groups in total. The van der Waals surface area contributed by atoms with Gasteiger partial charge < -0.3 is 15.2 Å². The fraction of sp³-hybridized carbons (Fsp3) is 0.278. The molecule has 2 aromatic rings. The number of esters is 1. The molecule has 154 valence electrons. The molecule has 1 aliphatic heterocycles. The van der Waals surface area contributed by atoms with E-state index in [1.807, 2.05) is 0 Å². The molecule has 9 nitrogen and oxygen atoms in total. The smallest absolute Gasteiger partial charge is 0.325 e. The van der Waals surface area contributed by atoms with Crippen LogP contribution in [-0.2, 0) is 19.6 Å². The predicted molar refractivity (Wildman–Crippen MR) is 106 cm³/mol. The number of hydrogen-bond acceptors (Lipinski definition) is 8. The second kappa shape index (κ2) is 8.72. The lowest BCUT2D eigenvalue weighted by molar-refractivity contribution is -0.139. The van der Waals surface area contributed by atoms with E-state index in [-0.39, 0.29) is 24.5 Å². The Bertz CT molecular complexity index is 1050. The minimum absolute atomic E-state index is 0.206. The summed E-state index contributed by atoms with van der Waals surface area (Å²) in [5, 5.41) is 14.2. The molecule has 0 aromatic carbocycles. The summed E-state index contributed by atoms with van der Waals surface area (Å²) in [5.74, 6) is -1.66. The van der Waals surface area contributed by atoms with Crippen LogP contribution in [0.1, 0.15) is 22.5 Å². The Morgan fingerprint density at radius 3 is 2.79 bits per heavy atom. The molecule has 0 aliphatic carbocycles. The molecule has 1 aliphatic rings. The molecular weight excluding hydrogens is 418 g/mol. The summed E-state index contributed by atoms with van der Waals surface area (Å²) in [6, 6.07) is 4.67. The van der Waals surface area contributed by atoms with Crippen LogP contribution >= 0.6 is 11.3 Å². The van der Waals surface area contributed by atoms with Gasteiger partial charge in [-0.25, -0.2) is 13.4 Å². The van der Waals surface area contributed by atoms with Gasteiger partial charge >= 0.3 is 5.97 Å². The normalized spacial score (nSPS) is 14.9. The molecule has 0 saturated carbocycles. The number of nitrogens with one attached hydrogen (secondary N) is 1. The zero-order chi connectivity index (χ0) is 21.0. The number of sulfonamides is 1. The van der Waals surface area contributed by atoms with Crippen molar-refractivity contribution in [2.75, 3.05) is 26.7 Å². The van der Waals surface area contributed by atoms with Crippen molar-refractivity contribution in [2.45, 2.75) is 10.6 Å². The molecule has 3 rings (SSSR count). The van der Waals surface area contributed by atoms with Crippen molar-refractivity contribution in [3.05, 3.63) is 47.1 Å². The van der Waals surface area contributed by atoms with Gasteiger partial charge in [-0.2, -0.15) is 4.31 Å². The number of thiophene rings is 1. The third-order valence-electron chi connectivity index (χ3n) is 4.34. The Morgan fingerprint density at radius 2 is 2.21 bits per heavy atom. The molecule has 0 radical (unpaired) electrons. The van der Waals surface area contributed by atoms with Gasteiger partial charge in [-0.1, -0.05) is 12.1 Å². The Kier molecular flexibility index (Phi) is 6.30. The van der Waals surface area contributed by atoms with Crippen LogP contribution in [0.2, 0.25) is 0 Å². The summed E-state index contributed by atoms with van der Waals surface area (Å²) in [7, 11) is -2.32. The second-order valence-corrected chi connectivity index (χ2v) is 9.24. The van der Waals surface area contributed by atoms with Crippen molar-refractivity contribution in [3.63, 3.8) is 0 Å². The first-order chi connectivity index (χ1) is 13.8. The monoisotopic (exact) mass is 437 g/mol. The van der Waals surface area contributed by atoms with Gasteiger partial charge in [-0.3, -0.25) is 9.59 Å². The summed E-state index contributed by atoms with van der Waals surface area (Å²) in [5.41, 5.74) is 1.21. The number of pyridine rings is 1. The van der Waals surface area contributed by atoms with Gasteiger partial charge in [0.2, 0.25) is 0 Å². The molecule has 0 saturated heterocycles. The van der Waals surface area contributed by atoms with Gasteiger partial charge in [0.1, 0.15) is 16.5 Å². The van der Waals surface area contributed by atoms with E-state index in [1.165, 1.54) is 35.0 Å². The molecular formula is C18H19N3O6S2. The van der Waals surface area contributed by atoms with Crippen molar-refractivity contribution in [1.29, 1.82) is 0 Å². The molecule has 1 amide bonds. The van der Waals surface area contributed by atoms with Gasteiger partial charge in [0.05, 0.1) is 7.11 Å². The number of aromatic hydroxyl groups is 1. The van der Waals surface area contributed by atoms with Crippen LogP contribution in [-0.4, -0.2) is 61.4 Å². The summed E-state index contributed by atoms with van der Waals surface area (Å²) in [6.07, 6.45) is 3.64. The number of aromatic nitrogens is 1. The van der Waals surface area contributed by atoms with Crippen molar-refractivity contribution in [1.82, 2.24) is 14.6 Å². The van der Waals surface area contributed by atoms with Gasteiger partial charge in [-0.15, -0.1) is 11.3 Å². The molecule has 0 atom stereocenters.